The van der Waals surface area contributed by atoms with Crippen molar-refractivity contribution in [3.63, 3.8) is 0 Å². The lowest BCUT2D eigenvalue weighted by Gasteiger charge is -2.08. The number of rotatable bonds is 9. The van der Waals surface area contributed by atoms with Gasteiger partial charge < -0.3 is 14.9 Å². The normalized spacial score (nSPS) is 10.9. The molecule has 34 heavy (non-hydrogen) atoms. The van der Waals surface area contributed by atoms with Crippen LogP contribution in [0.1, 0.15) is 21.7 Å². The van der Waals surface area contributed by atoms with E-state index in [1.807, 2.05) is 56.3 Å². The number of hydrogen-bond acceptors (Lipinski definition) is 6. The summed E-state index contributed by atoms with van der Waals surface area (Å²) < 4.78 is 5.31. The number of thiazole rings is 1. The molecule has 5 nitrogen and oxygen atoms in total. The first kappa shape index (κ1) is 24.0. The molecule has 0 bridgehead atoms. The smallest absolute Gasteiger partial charge is 0.341 e. The number of ether oxygens (including phenoxy) is 1. The Morgan fingerprint density at radius 2 is 1.76 bits per heavy atom. The highest BCUT2D eigenvalue weighted by Crippen LogP contribution is 2.34. The molecule has 2 N–H and O–H groups in total. The van der Waals surface area contributed by atoms with Crippen molar-refractivity contribution >= 4 is 29.1 Å². The van der Waals surface area contributed by atoms with Gasteiger partial charge in [-0.2, -0.15) is 0 Å². The third-order valence-electron chi connectivity index (χ3n) is 5.33. The van der Waals surface area contributed by atoms with Crippen molar-refractivity contribution in [2.75, 3.05) is 6.61 Å². The van der Waals surface area contributed by atoms with E-state index in [-0.39, 0.29) is 13.2 Å². The van der Waals surface area contributed by atoms with Crippen LogP contribution < -0.4 is 4.74 Å². The predicted octanol–water partition coefficient (Wildman–Crippen LogP) is 6.34. The summed E-state index contributed by atoms with van der Waals surface area (Å²) in [7, 11) is 0. The van der Waals surface area contributed by atoms with Crippen molar-refractivity contribution in [3.05, 3.63) is 88.4 Å². The molecule has 0 amide bonds. The third kappa shape index (κ3) is 5.86. The van der Waals surface area contributed by atoms with E-state index in [2.05, 4.69) is 24.3 Å². The molecule has 0 atom stereocenters. The zero-order valence-corrected chi connectivity index (χ0v) is 20.6. The van der Waals surface area contributed by atoms with Crippen LogP contribution in [0, 0.1) is 13.8 Å². The van der Waals surface area contributed by atoms with Gasteiger partial charge in [0.05, 0.1) is 12.3 Å². The molecule has 0 aliphatic rings. The van der Waals surface area contributed by atoms with Gasteiger partial charge >= 0.3 is 5.97 Å². The minimum Gasteiger partial charge on any atom is -0.482 e. The summed E-state index contributed by atoms with van der Waals surface area (Å²) >= 11 is 3.43. The maximum Gasteiger partial charge on any atom is 0.341 e. The summed E-state index contributed by atoms with van der Waals surface area (Å²) in [6, 6.07) is 22.1. The van der Waals surface area contributed by atoms with Crippen LogP contribution in [0.15, 0.2) is 71.6 Å². The molecule has 1 aromatic heterocycles. The number of aliphatic hydroxyl groups is 1. The molecule has 0 radical (unpaired) electrons. The van der Waals surface area contributed by atoms with Crippen molar-refractivity contribution in [3.8, 4) is 27.4 Å². The minimum absolute atomic E-state index is 0.0350. The minimum atomic E-state index is -0.986. The van der Waals surface area contributed by atoms with Crippen LogP contribution in [-0.2, 0) is 17.2 Å². The van der Waals surface area contributed by atoms with Crippen LogP contribution in [-0.4, -0.2) is 27.8 Å². The first-order valence-electron chi connectivity index (χ1n) is 10.8. The Hall–Kier alpha value is -3.13. The van der Waals surface area contributed by atoms with Crippen LogP contribution in [0.3, 0.4) is 0 Å². The molecule has 4 rings (SSSR count). The molecule has 3 aromatic carbocycles. The maximum atomic E-state index is 10.7. The molecule has 1 heterocycles. The number of carbonyl (C=O) groups is 1. The molecule has 0 saturated heterocycles. The van der Waals surface area contributed by atoms with Gasteiger partial charge in [-0.3, -0.25) is 0 Å². The summed E-state index contributed by atoms with van der Waals surface area (Å²) in [5.41, 5.74) is 6.12. The second-order valence-electron chi connectivity index (χ2n) is 7.86. The van der Waals surface area contributed by atoms with Gasteiger partial charge in [0.25, 0.3) is 0 Å². The number of aliphatic carboxylic acids is 1. The average Bonchev–Trinajstić information content (AvgIpc) is 3.22. The summed E-state index contributed by atoms with van der Waals surface area (Å²) in [5.74, 6) is 0.416. The quantitative estimate of drug-likeness (QED) is 0.266. The largest absolute Gasteiger partial charge is 0.482 e. The van der Waals surface area contributed by atoms with Crippen molar-refractivity contribution in [2.24, 2.45) is 0 Å². The fourth-order valence-electron chi connectivity index (χ4n) is 3.50. The Morgan fingerprint density at radius 3 is 2.47 bits per heavy atom. The second-order valence-corrected chi connectivity index (χ2v) is 9.99. The molecule has 7 heteroatoms. The number of aliphatic hydroxyl groups excluding tert-OH is 1. The molecule has 0 aliphatic heterocycles. The number of carboxylic acids is 1. The SMILES string of the molecule is Cc1cc(SCc2sc(-c3ccc(-c4cccc(CO)c4)cc3)nc2C)ccc1OCC(=O)O. The van der Waals surface area contributed by atoms with Gasteiger partial charge in [-0.25, -0.2) is 9.78 Å². The summed E-state index contributed by atoms with van der Waals surface area (Å²) in [6.07, 6.45) is 0. The third-order valence-corrected chi connectivity index (χ3v) is 7.74. The summed E-state index contributed by atoms with van der Waals surface area (Å²) in [6.45, 7) is 3.65. The van der Waals surface area contributed by atoms with Crippen molar-refractivity contribution in [1.82, 2.24) is 4.98 Å². The highest BCUT2D eigenvalue weighted by Gasteiger charge is 2.11. The Bertz CT molecular complexity index is 1300. The zero-order valence-electron chi connectivity index (χ0n) is 18.9. The monoisotopic (exact) mass is 491 g/mol. The van der Waals surface area contributed by atoms with Gasteiger partial charge in [0, 0.05) is 21.1 Å². The van der Waals surface area contributed by atoms with Gasteiger partial charge in [0.1, 0.15) is 10.8 Å². The van der Waals surface area contributed by atoms with E-state index in [0.29, 0.717) is 5.75 Å². The number of benzene rings is 3. The van der Waals surface area contributed by atoms with Crippen molar-refractivity contribution < 1.29 is 19.7 Å². The van der Waals surface area contributed by atoms with Gasteiger partial charge in [-0.1, -0.05) is 42.5 Å². The molecule has 0 saturated carbocycles. The van der Waals surface area contributed by atoms with E-state index in [1.54, 1.807) is 23.1 Å². The van der Waals surface area contributed by atoms with Crippen molar-refractivity contribution in [1.29, 1.82) is 0 Å². The maximum absolute atomic E-state index is 10.7. The van der Waals surface area contributed by atoms with E-state index in [1.165, 1.54) is 4.88 Å². The highest BCUT2D eigenvalue weighted by atomic mass is 32.2. The van der Waals surface area contributed by atoms with E-state index in [0.717, 1.165) is 49.2 Å². The predicted molar refractivity (Wildman–Crippen MR) is 138 cm³/mol. The van der Waals surface area contributed by atoms with E-state index in [9.17, 15) is 9.90 Å². The standard InChI is InChI=1S/C27H25NO4S2/c1-17-12-23(10-11-24(17)32-15-26(30)31)33-16-25-18(2)28-27(34-25)21-8-6-20(7-9-21)22-5-3-4-19(13-22)14-29/h3-13,29H,14-16H2,1-2H3,(H,30,31). The van der Waals surface area contributed by atoms with Crippen LogP contribution in [0.2, 0.25) is 0 Å². The lowest BCUT2D eigenvalue weighted by Crippen LogP contribution is -2.09. The Balaban J connectivity index is 1.43. The van der Waals surface area contributed by atoms with Crippen LogP contribution >= 0.6 is 23.1 Å². The topological polar surface area (TPSA) is 79.7 Å². The number of nitrogens with zero attached hydrogens (tertiary/aromatic N) is 1. The first-order chi connectivity index (χ1) is 16.4. The summed E-state index contributed by atoms with van der Waals surface area (Å²) in [5, 5.41) is 19.2. The highest BCUT2D eigenvalue weighted by molar-refractivity contribution is 7.98. The Labute approximate surface area is 207 Å². The summed E-state index contributed by atoms with van der Waals surface area (Å²) in [4.78, 5) is 17.8. The average molecular weight is 492 g/mol. The fourth-order valence-corrected chi connectivity index (χ4v) is 5.71. The molecule has 0 fully saturated rings. The Morgan fingerprint density at radius 1 is 1.00 bits per heavy atom. The molecule has 4 aromatic rings. The number of carboxylic acid groups (broad SMARTS) is 1. The van der Waals surface area contributed by atoms with Crippen molar-refractivity contribution in [2.45, 2.75) is 31.1 Å². The van der Waals surface area contributed by atoms with Gasteiger partial charge in [-0.05, 0) is 60.4 Å². The van der Waals surface area contributed by atoms with Gasteiger partial charge in [0.15, 0.2) is 6.61 Å². The zero-order chi connectivity index (χ0) is 24.1. The Kier molecular flexibility index (Phi) is 7.67. The van der Waals surface area contributed by atoms with Gasteiger partial charge in [-0.15, -0.1) is 23.1 Å². The number of aromatic nitrogens is 1. The number of aryl methyl sites for hydroxylation is 2. The molecular formula is C27H25NO4S2. The lowest BCUT2D eigenvalue weighted by atomic mass is 10.0. The van der Waals surface area contributed by atoms with Crippen LogP contribution in [0.25, 0.3) is 21.7 Å². The molecule has 174 valence electrons. The van der Waals surface area contributed by atoms with E-state index in [4.69, 9.17) is 14.8 Å². The molecular weight excluding hydrogens is 466 g/mol. The van der Waals surface area contributed by atoms with Crippen LogP contribution in [0.4, 0.5) is 0 Å². The number of thioether (sulfide) groups is 1. The molecule has 0 aliphatic carbocycles. The molecule has 0 spiro atoms. The number of hydrogen-bond donors (Lipinski definition) is 2. The van der Waals surface area contributed by atoms with Crippen LogP contribution in [0.5, 0.6) is 5.75 Å². The van der Waals surface area contributed by atoms with Gasteiger partial charge in [0.2, 0.25) is 0 Å². The lowest BCUT2D eigenvalue weighted by molar-refractivity contribution is -0.139. The first-order valence-corrected chi connectivity index (χ1v) is 12.6. The van der Waals surface area contributed by atoms with E-state index < -0.39 is 5.97 Å². The fraction of sp³-hybridized carbons (Fsp3) is 0.185. The van der Waals surface area contributed by atoms with E-state index >= 15 is 0 Å². The molecule has 0 unspecified atom stereocenters. The second kappa shape index (κ2) is 10.9.